The Kier molecular flexibility index (Phi) is 3.89. The second-order valence-corrected chi connectivity index (χ2v) is 6.71. The van der Waals surface area contributed by atoms with E-state index in [4.69, 9.17) is 9.31 Å². The van der Waals surface area contributed by atoms with Crippen LogP contribution >= 0.6 is 0 Å². The van der Waals surface area contributed by atoms with Gasteiger partial charge in [0.15, 0.2) is 0 Å². The molecule has 0 unspecified atom stereocenters. The summed E-state index contributed by atoms with van der Waals surface area (Å²) in [6.07, 6.45) is 0. The fraction of sp³-hybridized carbons (Fsp3) is 0.600. The minimum Gasteiger partial charge on any atom is -0.508 e. The highest BCUT2D eigenvalue weighted by atomic mass is 16.7. The molecule has 2 rings (SSSR count). The lowest BCUT2D eigenvalue weighted by Gasteiger charge is -2.32. The molecule has 1 aromatic carbocycles. The fourth-order valence-electron chi connectivity index (χ4n) is 2.18. The van der Waals surface area contributed by atoms with E-state index in [0.29, 0.717) is 6.54 Å². The lowest BCUT2D eigenvalue weighted by atomic mass is 9.78. The fourth-order valence-corrected chi connectivity index (χ4v) is 2.18. The van der Waals surface area contributed by atoms with E-state index >= 15 is 0 Å². The number of phenols is 1. The number of nitrogens with zero attached hydrogens (tertiary/aromatic N) is 1. The maximum absolute atomic E-state index is 10.1. The predicted molar refractivity (Wildman–Crippen MR) is 81.2 cm³/mol. The Morgan fingerprint density at radius 2 is 1.65 bits per heavy atom. The molecule has 1 saturated heterocycles. The summed E-state index contributed by atoms with van der Waals surface area (Å²) >= 11 is 0. The van der Waals surface area contributed by atoms with E-state index in [1.165, 1.54) is 0 Å². The SMILES string of the molecule is CN(C)Cc1ccc(B2OC(C)(C)C(C)(C)O2)cc1O. The van der Waals surface area contributed by atoms with Crippen molar-refractivity contribution in [1.29, 1.82) is 0 Å². The maximum Gasteiger partial charge on any atom is 0.494 e. The van der Waals surface area contributed by atoms with Crippen molar-refractivity contribution in [2.45, 2.75) is 45.4 Å². The molecule has 1 aliphatic rings. The van der Waals surface area contributed by atoms with Crippen LogP contribution in [0.1, 0.15) is 33.3 Å². The zero-order valence-corrected chi connectivity index (χ0v) is 13.2. The minimum absolute atomic E-state index is 0.283. The maximum atomic E-state index is 10.1. The second-order valence-electron chi connectivity index (χ2n) is 6.71. The standard InChI is InChI=1S/C15H24BNO3/c1-14(2)15(3,4)20-16(19-14)12-8-7-11(10-17(5)6)13(18)9-12/h7-9,18H,10H2,1-6H3. The van der Waals surface area contributed by atoms with Gasteiger partial charge in [-0.25, -0.2) is 0 Å². The molecular weight excluding hydrogens is 253 g/mol. The minimum atomic E-state index is -0.431. The van der Waals surface area contributed by atoms with Crippen LogP contribution in [-0.4, -0.2) is 42.4 Å². The van der Waals surface area contributed by atoms with Gasteiger partial charge in [-0.3, -0.25) is 0 Å². The highest BCUT2D eigenvalue weighted by Gasteiger charge is 2.51. The summed E-state index contributed by atoms with van der Waals surface area (Å²) in [4.78, 5) is 2.02. The second kappa shape index (κ2) is 5.06. The molecule has 0 bridgehead atoms. The van der Waals surface area contributed by atoms with Crippen LogP contribution in [0.3, 0.4) is 0 Å². The van der Waals surface area contributed by atoms with Gasteiger partial charge in [-0.15, -0.1) is 0 Å². The summed E-state index contributed by atoms with van der Waals surface area (Å²) in [7, 11) is 3.52. The van der Waals surface area contributed by atoms with Gasteiger partial charge < -0.3 is 19.3 Å². The van der Waals surface area contributed by atoms with E-state index in [1.54, 1.807) is 6.07 Å². The molecule has 0 amide bonds. The molecular formula is C15H24BNO3. The number of rotatable bonds is 3. The third kappa shape index (κ3) is 2.85. The zero-order valence-electron chi connectivity index (χ0n) is 13.2. The van der Waals surface area contributed by atoms with Gasteiger partial charge in [0, 0.05) is 12.1 Å². The van der Waals surface area contributed by atoms with E-state index in [2.05, 4.69) is 0 Å². The topological polar surface area (TPSA) is 41.9 Å². The van der Waals surface area contributed by atoms with Gasteiger partial charge in [0.2, 0.25) is 0 Å². The summed E-state index contributed by atoms with van der Waals surface area (Å²) in [5.74, 6) is 0.283. The first-order chi connectivity index (χ1) is 9.12. The molecule has 110 valence electrons. The monoisotopic (exact) mass is 277 g/mol. The number of aromatic hydroxyl groups is 1. The summed E-state index contributed by atoms with van der Waals surface area (Å²) in [5, 5.41) is 10.1. The molecule has 0 spiro atoms. The first kappa shape index (κ1) is 15.4. The summed E-state index contributed by atoms with van der Waals surface area (Å²) < 4.78 is 12.0. The number of phenolic OH excluding ortho intramolecular Hbond substituents is 1. The summed E-state index contributed by atoms with van der Waals surface area (Å²) in [6, 6.07) is 5.62. The van der Waals surface area contributed by atoms with Crippen molar-refractivity contribution in [1.82, 2.24) is 4.90 Å². The molecule has 1 aliphatic heterocycles. The van der Waals surface area contributed by atoms with Crippen LogP contribution in [-0.2, 0) is 15.9 Å². The average Bonchev–Trinajstić information content (AvgIpc) is 2.50. The van der Waals surface area contributed by atoms with Crippen LogP contribution in [0, 0.1) is 0 Å². The molecule has 20 heavy (non-hydrogen) atoms. The van der Waals surface area contributed by atoms with Crippen molar-refractivity contribution in [2.75, 3.05) is 14.1 Å². The predicted octanol–water partition coefficient (Wildman–Crippen LogP) is 1.75. The Morgan fingerprint density at radius 1 is 1.10 bits per heavy atom. The van der Waals surface area contributed by atoms with Crippen LogP contribution in [0.5, 0.6) is 5.75 Å². The molecule has 1 aromatic rings. The number of hydrogen-bond donors (Lipinski definition) is 1. The van der Waals surface area contributed by atoms with Gasteiger partial charge in [0.25, 0.3) is 0 Å². The molecule has 1 fully saturated rings. The van der Waals surface area contributed by atoms with Crippen molar-refractivity contribution >= 4 is 12.6 Å². The Balaban J connectivity index is 2.22. The molecule has 5 heteroatoms. The van der Waals surface area contributed by atoms with Crippen LogP contribution in [0.15, 0.2) is 18.2 Å². The molecule has 0 radical (unpaired) electrons. The van der Waals surface area contributed by atoms with Gasteiger partial charge in [-0.05, 0) is 53.3 Å². The van der Waals surface area contributed by atoms with Crippen molar-refractivity contribution in [2.24, 2.45) is 0 Å². The molecule has 1 heterocycles. The van der Waals surface area contributed by atoms with Crippen molar-refractivity contribution in [3.8, 4) is 5.75 Å². The van der Waals surface area contributed by atoms with E-state index < -0.39 is 7.12 Å². The van der Waals surface area contributed by atoms with Crippen LogP contribution < -0.4 is 5.46 Å². The van der Waals surface area contributed by atoms with Gasteiger partial charge in [0.1, 0.15) is 5.75 Å². The smallest absolute Gasteiger partial charge is 0.494 e. The van der Waals surface area contributed by atoms with Crippen molar-refractivity contribution in [3.05, 3.63) is 23.8 Å². The first-order valence-corrected chi connectivity index (χ1v) is 6.94. The third-order valence-corrected chi connectivity index (χ3v) is 4.12. The molecule has 0 aliphatic carbocycles. The Hall–Kier alpha value is -1.04. The lowest BCUT2D eigenvalue weighted by Crippen LogP contribution is -2.41. The Bertz CT molecular complexity index is 484. The molecule has 0 saturated carbocycles. The van der Waals surface area contributed by atoms with Gasteiger partial charge in [-0.1, -0.05) is 12.1 Å². The lowest BCUT2D eigenvalue weighted by molar-refractivity contribution is 0.00578. The largest absolute Gasteiger partial charge is 0.508 e. The van der Waals surface area contributed by atoms with E-state index in [0.717, 1.165) is 11.0 Å². The molecule has 1 N–H and O–H groups in total. The van der Waals surface area contributed by atoms with Crippen LogP contribution in [0.4, 0.5) is 0 Å². The Morgan fingerprint density at radius 3 is 2.10 bits per heavy atom. The highest BCUT2D eigenvalue weighted by molar-refractivity contribution is 6.62. The third-order valence-electron chi connectivity index (χ3n) is 4.12. The molecule has 0 atom stereocenters. The van der Waals surface area contributed by atoms with Crippen LogP contribution in [0.25, 0.3) is 0 Å². The molecule has 0 aromatic heterocycles. The van der Waals surface area contributed by atoms with Crippen molar-refractivity contribution < 1.29 is 14.4 Å². The van der Waals surface area contributed by atoms with E-state index in [1.807, 2.05) is 58.8 Å². The number of benzene rings is 1. The van der Waals surface area contributed by atoms with Gasteiger partial charge >= 0.3 is 7.12 Å². The summed E-state index contributed by atoms with van der Waals surface area (Å²) in [5.41, 5.74) is 1.02. The quantitative estimate of drug-likeness (QED) is 0.855. The number of hydrogen-bond acceptors (Lipinski definition) is 4. The van der Waals surface area contributed by atoms with Crippen molar-refractivity contribution in [3.63, 3.8) is 0 Å². The van der Waals surface area contributed by atoms with E-state index in [-0.39, 0.29) is 17.0 Å². The molecule has 4 nitrogen and oxygen atoms in total. The van der Waals surface area contributed by atoms with Gasteiger partial charge in [-0.2, -0.15) is 0 Å². The van der Waals surface area contributed by atoms with Gasteiger partial charge in [0.05, 0.1) is 11.2 Å². The highest BCUT2D eigenvalue weighted by Crippen LogP contribution is 2.36. The Labute approximate surface area is 121 Å². The zero-order chi connectivity index (χ0) is 15.1. The normalized spacial score (nSPS) is 20.6. The van der Waals surface area contributed by atoms with Crippen LogP contribution in [0.2, 0.25) is 0 Å². The summed E-state index contributed by atoms with van der Waals surface area (Å²) in [6.45, 7) is 8.79. The van der Waals surface area contributed by atoms with E-state index in [9.17, 15) is 5.11 Å². The average molecular weight is 277 g/mol. The first-order valence-electron chi connectivity index (χ1n) is 6.94.